The number of aromatic nitrogens is 3. The lowest BCUT2D eigenvalue weighted by Crippen LogP contribution is -2.19. The van der Waals surface area contributed by atoms with Crippen LogP contribution < -0.4 is 5.32 Å². The fourth-order valence-electron chi connectivity index (χ4n) is 1.53. The van der Waals surface area contributed by atoms with Crippen molar-refractivity contribution in [2.45, 2.75) is 39.5 Å². The largest absolute Gasteiger partial charge is 0.411 e. The molecule has 116 valence electrons. The molecule has 0 amide bonds. The molecule has 0 radical (unpaired) electrons. The van der Waals surface area contributed by atoms with Crippen molar-refractivity contribution < 1.29 is 17.9 Å². The summed E-state index contributed by atoms with van der Waals surface area (Å²) in [4.78, 5) is 0. The molecule has 0 fully saturated rings. The van der Waals surface area contributed by atoms with Gasteiger partial charge in [-0.3, -0.25) is 4.68 Å². The normalized spacial score (nSPS) is 12.3. The van der Waals surface area contributed by atoms with E-state index in [1.807, 2.05) is 0 Å². The number of hydrogen-bond donors (Lipinski definition) is 1. The van der Waals surface area contributed by atoms with Crippen LogP contribution in [-0.4, -0.2) is 40.9 Å². The Labute approximate surface area is 116 Å². The Morgan fingerprint density at radius 3 is 2.80 bits per heavy atom. The third kappa shape index (κ3) is 8.11. The van der Waals surface area contributed by atoms with Gasteiger partial charge in [-0.2, -0.15) is 13.2 Å². The average Bonchev–Trinajstić information content (AvgIpc) is 2.74. The molecule has 0 aliphatic rings. The monoisotopic (exact) mass is 294 g/mol. The molecule has 0 saturated carbocycles. The van der Waals surface area contributed by atoms with E-state index in [9.17, 15) is 13.2 Å². The second-order valence-electron chi connectivity index (χ2n) is 5.02. The molecule has 0 unspecified atom stereocenters. The van der Waals surface area contributed by atoms with Crippen LogP contribution in [0, 0.1) is 5.92 Å². The number of rotatable bonds is 9. The van der Waals surface area contributed by atoms with Gasteiger partial charge < -0.3 is 10.1 Å². The van der Waals surface area contributed by atoms with Gasteiger partial charge in [-0.15, -0.1) is 5.10 Å². The van der Waals surface area contributed by atoms with Gasteiger partial charge in [0.2, 0.25) is 0 Å². The van der Waals surface area contributed by atoms with Crippen LogP contribution in [0.15, 0.2) is 6.20 Å². The van der Waals surface area contributed by atoms with Gasteiger partial charge in [0.1, 0.15) is 6.61 Å². The van der Waals surface area contributed by atoms with Crippen molar-refractivity contribution in [3.63, 3.8) is 0 Å². The number of aryl methyl sites for hydroxylation is 1. The molecule has 20 heavy (non-hydrogen) atoms. The van der Waals surface area contributed by atoms with Gasteiger partial charge in [0, 0.05) is 25.9 Å². The van der Waals surface area contributed by atoms with E-state index in [0.29, 0.717) is 25.4 Å². The molecule has 0 aliphatic carbocycles. The lowest BCUT2D eigenvalue weighted by Gasteiger charge is -2.07. The fourth-order valence-corrected chi connectivity index (χ4v) is 1.53. The van der Waals surface area contributed by atoms with Crippen LogP contribution in [0.1, 0.15) is 26.0 Å². The van der Waals surface area contributed by atoms with Crippen molar-refractivity contribution >= 4 is 0 Å². The maximum Gasteiger partial charge on any atom is 0.411 e. The van der Waals surface area contributed by atoms with Crippen LogP contribution in [0.5, 0.6) is 0 Å². The van der Waals surface area contributed by atoms with E-state index in [4.69, 9.17) is 0 Å². The SMILES string of the molecule is CC(C)CNCc1cn(CCCOCC(F)(F)F)nn1. The van der Waals surface area contributed by atoms with Gasteiger partial charge in [0.05, 0.1) is 5.69 Å². The third-order valence-corrected chi connectivity index (χ3v) is 2.39. The highest BCUT2D eigenvalue weighted by atomic mass is 19.4. The Morgan fingerprint density at radius 2 is 2.15 bits per heavy atom. The predicted molar refractivity (Wildman–Crippen MR) is 68.1 cm³/mol. The van der Waals surface area contributed by atoms with E-state index in [0.717, 1.165) is 12.2 Å². The summed E-state index contributed by atoms with van der Waals surface area (Å²) >= 11 is 0. The lowest BCUT2D eigenvalue weighted by molar-refractivity contribution is -0.174. The zero-order chi connectivity index (χ0) is 15.0. The molecule has 0 aliphatic heterocycles. The van der Waals surface area contributed by atoms with Crippen LogP contribution in [0.4, 0.5) is 13.2 Å². The highest BCUT2D eigenvalue weighted by molar-refractivity contribution is 4.91. The van der Waals surface area contributed by atoms with Crippen molar-refractivity contribution in [3.8, 4) is 0 Å². The molecule has 1 aromatic rings. The molecule has 1 N–H and O–H groups in total. The van der Waals surface area contributed by atoms with Gasteiger partial charge in [-0.1, -0.05) is 19.1 Å². The molecule has 0 aromatic carbocycles. The summed E-state index contributed by atoms with van der Waals surface area (Å²) in [6.45, 7) is 5.13. The summed E-state index contributed by atoms with van der Waals surface area (Å²) in [6, 6.07) is 0. The van der Waals surface area contributed by atoms with Gasteiger partial charge in [-0.05, 0) is 18.9 Å². The van der Waals surface area contributed by atoms with E-state index >= 15 is 0 Å². The summed E-state index contributed by atoms with van der Waals surface area (Å²) in [5.41, 5.74) is 0.821. The van der Waals surface area contributed by atoms with Gasteiger partial charge in [0.25, 0.3) is 0 Å². The highest BCUT2D eigenvalue weighted by Gasteiger charge is 2.27. The van der Waals surface area contributed by atoms with Crippen LogP contribution in [0.2, 0.25) is 0 Å². The van der Waals surface area contributed by atoms with E-state index < -0.39 is 12.8 Å². The molecule has 1 rings (SSSR count). The lowest BCUT2D eigenvalue weighted by atomic mass is 10.2. The van der Waals surface area contributed by atoms with Crippen LogP contribution in [0.3, 0.4) is 0 Å². The number of alkyl halides is 3. The Morgan fingerprint density at radius 1 is 1.40 bits per heavy atom. The minimum Gasteiger partial charge on any atom is -0.372 e. The van der Waals surface area contributed by atoms with Gasteiger partial charge in [0.15, 0.2) is 0 Å². The summed E-state index contributed by atoms with van der Waals surface area (Å²) in [5.74, 6) is 0.566. The Balaban J connectivity index is 2.14. The van der Waals surface area contributed by atoms with Gasteiger partial charge in [-0.25, -0.2) is 0 Å². The topological polar surface area (TPSA) is 52.0 Å². The molecule has 0 atom stereocenters. The quantitative estimate of drug-likeness (QED) is 0.708. The van der Waals surface area contributed by atoms with E-state index in [2.05, 4.69) is 34.2 Å². The molecule has 8 heteroatoms. The molecular formula is C12H21F3N4O. The molecule has 5 nitrogen and oxygen atoms in total. The molecule has 1 aromatic heterocycles. The zero-order valence-corrected chi connectivity index (χ0v) is 11.8. The third-order valence-electron chi connectivity index (χ3n) is 2.39. The first-order valence-corrected chi connectivity index (χ1v) is 6.61. The first kappa shape index (κ1) is 16.9. The van der Waals surface area contributed by atoms with Crippen LogP contribution in [-0.2, 0) is 17.8 Å². The van der Waals surface area contributed by atoms with Crippen LogP contribution >= 0.6 is 0 Å². The summed E-state index contributed by atoms with van der Waals surface area (Å²) in [6.07, 6.45) is -2.00. The molecule has 1 heterocycles. The maximum absolute atomic E-state index is 11.8. The van der Waals surface area contributed by atoms with Crippen molar-refractivity contribution in [2.75, 3.05) is 19.8 Å². The minimum atomic E-state index is -4.26. The van der Waals surface area contributed by atoms with E-state index in [-0.39, 0.29) is 6.61 Å². The second-order valence-corrected chi connectivity index (χ2v) is 5.02. The smallest absolute Gasteiger partial charge is 0.372 e. The number of ether oxygens (including phenoxy) is 1. The van der Waals surface area contributed by atoms with Crippen molar-refractivity contribution in [1.29, 1.82) is 0 Å². The van der Waals surface area contributed by atoms with Crippen LogP contribution in [0.25, 0.3) is 0 Å². The Bertz CT molecular complexity index is 379. The van der Waals surface area contributed by atoms with Crippen molar-refractivity contribution in [2.24, 2.45) is 5.92 Å². The fraction of sp³-hybridized carbons (Fsp3) is 0.833. The maximum atomic E-state index is 11.8. The van der Waals surface area contributed by atoms with Crippen molar-refractivity contribution in [1.82, 2.24) is 20.3 Å². The first-order chi connectivity index (χ1) is 9.37. The summed E-state index contributed by atoms with van der Waals surface area (Å²) < 4.78 is 41.6. The minimum absolute atomic E-state index is 0.0559. The molecular weight excluding hydrogens is 273 g/mol. The summed E-state index contributed by atoms with van der Waals surface area (Å²) in [7, 11) is 0. The number of hydrogen-bond acceptors (Lipinski definition) is 4. The second kappa shape index (κ2) is 8.21. The van der Waals surface area contributed by atoms with Gasteiger partial charge >= 0.3 is 6.18 Å². The Hall–Kier alpha value is -1.15. The zero-order valence-electron chi connectivity index (χ0n) is 11.8. The number of halogens is 3. The summed E-state index contributed by atoms with van der Waals surface area (Å²) in [5, 5.41) is 11.1. The Kier molecular flexibility index (Phi) is 6.94. The number of nitrogens with zero attached hydrogens (tertiary/aromatic N) is 3. The van der Waals surface area contributed by atoms with E-state index in [1.54, 1.807) is 10.9 Å². The average molecular weight is 294 g/mol. The number of nitrogens with one attached hydrogen (secondary N) is 1. The molecule has 0 saturated heterocycles. The molecule has 0 spiro atoms. The van der Waals surface area contributed by atoms with E-state index in [1.165, 1.54) is 0 Å². The van der Waals surface area contributed by atoms with Crippen molar-refractivity contribution in [3.05, 3.63) is 11.9 Å². The standard InChI is InChI=1S/C12H21F3N4O/c1-10(2)6-16-7-11-8-19(18-17-11)4-3-5-20-9-12(13,14)15/h8,10,16H,3-7,9H2,1-2H3. The highest BCUT2D eigenvalue weighted by Crippen LogP contribution is 2.14. The predicted octanol–water partition coefficient (Wildman–Crippen LogP) is 1.99. The first-order valence-electron chi connectivity index (χ1n) is 6.61. The molecule has 0 bridgehead atoms.